The van der Waals surface area contributed by atoms with E-state index in [4.69, 9.17) is 5.11 Å². The van der Waals surface area contributed by atoms with Crippen molar-refractivity contribution in [2.45, 2.75) is 0 Å². The molecule has 0 bridgehead atoms. The molecule has 1 N–H and O–H groups in total. The summed E-state index contributed by atoms with van der Waals surface area (Å²) in [5, 5.41) is 8.96. The highest BCUT2D eigenvalue weighted by Gasteiger charge is 2.14. The van der Waals surface area contributed by atoms with Crippen LogP contribution in [0.15, 0.2) is 53.6 Å². The van der Waals surface area contributed by atoms with Crippen LogP contribution in [0.1, 0.15) is 10.4 Å². The molecule has 19 heavy (non-hydrogen) atoms. The van der Waals surface area contributed by atoms with Gasteiger partial charge in [-0.25, -0.2) is 9.78 Å². The largest absolute Gasteiger partial charge is 0.477 e. The Morgan fingerprint density at radius 3 is 2.58 bits per heavy atom. The Kier molecular flexibility index (Phi) is 2.42. The van der Waals surface area contributed by atoms with Gasteiger partial charge in [-0.15, -0.1) is 0 Å². The minimum absolute atomic E-state index is 0.353. The van der Waals surface area contributed by atoms with E-state index in [1.165, 1.54) is 4.52 Å². The molecule has 0 fully saturated rings. The summed E-state index contributed by atoms with van der Waals surface area (Å²) in [5.41, 5.74) is 0.197. The van der Waals surface area contributed by atoms with Crippen LogP contribution in [0.3, 0.4) is 0 Å². The van der Waals surface area contributed by atoms with Crippen molar-refractivity contribution in [1.29, 1.82) is 0 Å². The van der Waals surface area contributed by atoms with Gasteiger partial charge in [0.15, 0.2) is 5.65 Å². The molecular formula is C13H9N3O3. The first-order chi connectivity index (χ1) is 9.18. The number of rotatable bonds is 2. The number of carboxylic acids is 1. The van der Waals surface area contributed by atoms with Crippen molar-refractivity contribution in [2.75, 3.05) is 0 Å². The summed E-state index contributed by atoms with van der Waals surface area (Å²) in [6.45, 7) is 0. The van der Waals surface area contributed by atoms with E-state index < -0.39 is 11.5 Å². The zero-order chi connectivity index (χ0) is 13.4. The fraction of sp³-hybridized carbons (Fsp3) is 0. The number of para-hydroxylation sites is 1. The summed E-state index contributed by atoms with van der Waals surface area (Å²) in [7, 11) is 0. The first-order valence-corrected chi connectivity index (χ1v) is 5.56. The monoisotopic (exact) mass is 255 g/mol. The van der Waals surface area contributed by atoms with E-state index in [0.29, 0.717) is 5.65 Å². The smallest absolute Gasteiger partial charge is 0.343 e. The summed E-state index contributed by atoms with van der Waals surface area (Å²) in [6.07, 6.45) is 2.75. The molecule has 0 aliphatic carbocycles. The second-order valence-corrected chi connectivity index (χ2v) is 3.95. The van der Waals surface area contributed by atoms with E-state index >= 15 is 0 Å². The maximum Gasteiger partial charge on any atom is 0.343 e. The summed E-state index contributed by atoms with van der Waals surface area (Å²) in [6, 6.07) is 10.8. The van der Waals surface area contributed by atoms with Gasteiger partial charge in [0.25, 0.3) is 5.56 Å². The number of fused-ring (bicyclic) bond motifs is 1. The lowest BCUT2D eigenvalue weighted by Crippen LogP contribution is -2.26. The molecule has 0 spiro atoms. The Bertz CT molecular complexity index is 818. The van der Waals surface area contributed by atoms with E-state index in [9.17, 15) is 9.59 Å². The normalized spacial score (nSPS) is 10.7. The molecule has 0 amide bonds. The third kappa shape index (κ3) is 1.70. The van der Waals surface area contributed by atoms with Gasteiger partial charge in [-0.05, 0) is 12.1 Å². The minimum Gasteiger partial charge on any atom is -0.477 e. The van der Waals surface area contributed by atoms with Crippen LogP contribution in [0.2, 0.25) is 0 Å². The molecule has 2 aromatic heterocycles. The Morgan fingerprint density at radius 2 is 1.89 bits per heavy atom. The van der Waals surface area contributed by atoms with E-state index in [0.717, 1.165) is 11.9 Å². The summed E-state index contributed by atoms with van der Waals surface area (Å²) in [4.78, 5) is 27.1. The summed E-state index contributed by atoms with van der Waals surface area (Å²) < 4.78 is 2.80. The predicted octanol–water partition coefficient (Wildman–Crippen LogP) is 1.18. The van der Waals surface area contributed by atoms with Crippen LogP contribution in [-0.4, -0.2) is 25.3 Å². The average molecular weight is 255 g/mol. The van der Waals surface area contributed by atoms with Crippen molar-refractivity contribution in [3.8, 4) is 5.69 Å². The number of aromatic carboxylic acids is 1. The van der Waals surface area contributed by atoms with Gasteiger partial charge in [0.05, 0.1) is 5.69 Å². The number of carbonyl (C=O) groups is 1. The third-order valence-corrected chi connectivity index (χ3v) is 2.80. The molecule has 6 heteroatoms. The quantitative estimate of drug-likeness (QED) is 0.746. The van der Waals surface area contributed by atoms with Gasteiger partial charge in [-0.3, -0.25) is 9.48 Å². The Labute approximate surface area is 107 Å². The Morgan fingerprint density at radius 1 is 1.16 bits per heavy atom. The number of benzene rings is 1. The van der Waals surface area contributed by atoms with Crippen molar-refractivity contribution in [2.24, 2.45) is 0 Å². The molecule has 3 rings (SSSR count). The van der Waals surface area contributed by atoms with E-state index in [-0.39, 0.29) is 5.56 Å². The first-order valence-electron chi connectivity index (χ1n) is 5.56. The number of hydrogen-bond donors (Lipinski definition) is 1. The van der Waals surface area contributed by atoms with Crippen molar-refractivity contribution < 1.29 is 9.90 Å². The predicted molar refractivity (Wildman–Crippen MR) is 67.7 cm³/mol. The van der Waals surface area contributed by atoms with Crippen LogP contribution >= 0.6 is 0 Å². The van der Waals surface area contributed by atoms with Crippen LogP contribution < -0.4 is 5.56 Å². The molecule has 3 aromatic rings. The van der Waals surface area contributed by atoms with Crippen LogP contribution in [0.5, 0.6) is 0 Å². The van der Waals surface area contributed by atoms with Gasteiger partial charge < -0.3 is 5.11 Å². The van der Waals surface area contributed by atoms with Gasteiger partial charge in [-0.2, -0.15) is 4.52 Å². The molecule has 94 valence electrons. The Hall–Kier alpha value is -2.89. The molecule has 2 heterocycles. The highest BCUT2D eigenvalue weighted by molar-refractivity contribution is 5.86. The van der Waals surface area contributed by atoms with E-state index in [2.05, 4.69) is 4.98 Å². The zero-order valence-corrected chi connectivity index (χ0v) is 9.72. The number of nitrogens with zero attached hydrogens (tertiary/aromatic N) is 3. The van der Waals surface area contributed by atoms with Gasteiger partial charge in [0.1, 0.15) is 5.56 Å². The molecular weight excluding hydrogens is 246 g/mol. The number of carboxylic acid groups (broad SMARTS) is 1. The van der Waals surface area contributed by atoms with Gasteiger partial charge in [0, 0.05) is 18.5 Å². The van der Waals surface area contributed by atoms with Crippen molar-refractivity contribution in [3.63, 3.8) is 0 Å². The van der Waals surface area contributed by atoms with Crippen LogP contribution in [0.25, 0.3) is 11.3 Å². The molecule has 0 saturated heterocycles. The van der Waals surface area contributed by atoms with Crippen LogP contribution in [-0.2, 0) is 0 Å². The Balaban J connectivity index is 2.37. The summed E-state index contributed by atoms with van der Waals surface area (Å²) >= 11 is 0. The number of hydrogen-bond acceptors (Lipinski definition) is 3. The van der Waals surface area contributed by atoms with Gasteiger partial charge in [0.2, 0.25) is 0 Å². The lowest BCUT2D eigenvalue weighted by molar-refractivity contribution is 0.0694. The second-order valence-electron chi connectivity index (χ2n) is 3.95. The molecule has 0 saturated carbocycles. The molecule has 0 radical (unpaired) electrons. The summed E-state index contributed by atoms with van der Waals surface area (Å²) in [5.74, 6) is -1.28. The third-order valence-electron chi connectivity index (χ3n) is 2.80. The lowest BCUT2D eigenvalue weighted by Gasteiger charge is -2.06. The van der Waals surface area contributed by atoms with Crippen molar-refractivity contribution in [1.82, 2.24) is 14.2 Å². The SMILES string of the molecule is O=C(O)c1cnc2ccn(-c3ccccc3)n2c1=O. The van der Waals surface area contributed by atoms with E-state index in [1.807, 2.05) is 30.3 Å². The maximum absolute atomic E-state index is 12.1. The van der Waals surface area contributed by atoms with Gasteiger partial charge in [-0.1, -0.05) is 18.2 Å². The molecule has 0 aliphatic heterocycles. The molecule has 0 aliphatic rings. The molecule has 1 aromatic carbocycles. The van der Waals surface area contributed by atoms with Crippen LogP contribution in [0.4, 0.5) is 0 Å². The highest BCUT2D eigenvalue weighted by atomic mass is 16.4. The first kappa shape index (κ1) is 11.2. The molecule has 0 atom stereocenters. The van der Waals surface area contributed by atoms with Crippen molar-refractivity contribution >= 4 is 11.6 Å². The maximum atomic E-state index is 12.1. The lowest BCUT2D eigenvalue weighted by atomic mass is 10.3. The fourth-order valence-corrected chi connectivity index (χ4v) is 1.91. The molecule has 0 unspecified atom stereocenters. The van der Waals surface area contributed by atoms with Gasteiger partial charge >= 0.3 is 5.97 Å². The average Bonchev–Trinajstić information content (AvgIpc) is 2.84. The molecule has 6 nitrogen and oxygen atoms in total. The van der Waals surface area contributed by atoms with Crippen LogP contribution in [0, 0.1) is 0 Å². The zero-order valence-electron chi connectivity index (χ0n) is 9.72. The second kappa shape index (κ2) is 4.09. The topological polar surface area (TPSA) is 76.6 Å². The number of aromatic nitrogens is 3. The minimum atomic E-state index is -1.28. The fourth-order valence-electron chi connectivity index (χ4n) is 1.91. The highest BCUT2D eigenvalue weighted by Crippen LogP contribution is 2.09. The van der Waals surface area contributed by atoms with E-state index in [1.54, 1.807) is 16.9 Å². The van der Waals surface area contributed by atoms with Crippen molar-refractivity contribution in [3.05, 3.63) is 64.7 Å². The standard InChI is InChI=1S/C13H9N3O3/c17-12-10(13(18)19)8-14-11-6-7-15(16(11)12)9-4-2-1-3-5-9/h1-8H,(H,18,19).